The molecular weight excluding hydrogens is 226 g/mol. The number of fused-ring (bicyclic) bond motifs is 1. The van der Waals surface area contributed by atoms with Crippen LogP contribution in [0.4, 0.5) is 0 Å². The maximum Gasteiger partial charge on any atom is 0.119 e. The lowest BCUT2D eigenvalue weighted by atomic mass is 9.71. The summed E-state index contributed by atoms with van der Waals surface area (Å²) >= 11 is 0. The summed E-state index contributed by atoms with van der Waals surface area (Å²) in [6.07, 6.45) is 3.78. The van der Waals surface area contributed by atoms with Crippen LogP contribution in [0.2, 0.25) is 0 Å². The van der Waals surface area contributed by atoms with Crippen LogP contribution in [0.25, 0.3) is 0 Å². The van der Waals surface area contributed by atoms with E-state index in [0.717, 1.165) is 30.6 Å². The van der Waals surface area contributed by atoms with Crippen LogP contribution in [0.15, 0.2) is 18.2 Å². The van der Waals surface area contributed by atoms with Gasteiger partial charge < -0.3 is 9.84 Å². The zero-order chi connectivity index (χ0) is 12.8. The second-order valence-electron chi connectivity index (χ2n) is 5.54. The Labute approximate surface area is 107 Å². The number of rotatable bonds is 2. The Morgan fingerprint density at radius 3 is 2.67 bits per heavy atom. The number of ether oxygens (including phenoxy) is 1. The van der Waals surface area contributed by atoms with Crippen LogP contribution < -0.4 is 4.74 Å². The van der Waals surface area contributed by atoms with Gasteiger partial charge >= 0.3 is 0 Å². The van der Waals surface area contributed by atoms with Gasteiger partial charge in [0, 0.05) is 6.42 Å². The standard InChI is InChI=1S/C15H17NO2/c1-18-13-3-2-11-4-5-15(17,9-12(11)8-13)14(10-16)6-7-14/h2-3,8,17H,4-7,9H2,1H3. The highest BCUT2D eigenvalue weighted by atomic mass is 16.5. The molecule has 3 heteroatoms. The summed E-state index contributed by atoms with van der Waals surface area (Å²) in [5.41, 5.74) is 1.06. The second-order valence-corrected chi connectivity index (χ2v) is 5.54. The topological polar surface area (TPSA) is 53.2 Å². The molecule has 1 fully saturated rings. The third-order valence-corrected chi connectivity index (χ3v) is 4.56. The third-order valence-electron chi connectivity index (χ3n) is 4.56. The Balaban J connectivity index is 1.95. The number of hydrogen-bond donors (Lipinski definition) is 1. The summed E-state index contributed by atoms with van der Waals surface area (Å²) in [6, 6.07) is 8.36. The van der Waals surface area contributed by atoms with E-state index in [2.05, 4.69) is 12.1 Å². The Morgan fingerprint density at radius 1 is 1.28 bits per heavy atom. The van der Waals surface area contributed by atoms with Crippen molar-refractivity contribution in [3.8, 4) is 11.8 Å². The van der Waals surface area contributed by atoms with E-state index in [4.69, 9.17) is 4.74 Å². The fourth-order valence-corrected chi connectivity index (χ4v) is 3.10. The molecule has 1 atom stereocenters. The molecule has 2 aliphatic rings. The summed E-state index contributed by atoms with van der Waals surface area (Å²) in [7, 11) is 1.65. The average molecular weight is 243 g/mol. The van der Waals surface area contributed by atoms with Crippen molar-refractivity contribution in [1.29, 1.82) is 5.26 Å². The Kier molecular flexibility index (Phi) is 2.39. The summed E-state index contributed by atoms with van der Waals surface area (Å²) in [5.74, 6) is 0.819. The molecule has 3 rings (SSSR count). The van der Waals surface area contributed by atoms with Gasteiger partial charge in [-0.2, -0.15) is 5.26 Å². The van der Waals surface area contributed by atoms with Gasteiger partial charge in [-0.05, 0) is 48.9 Å². The fraction of sp³-hybridized carbons (Fsp3) is 0.533. The Morgan fingerprint density at radius 2 is 2.06 bits per heavy atom. The van der Waals surface area contributed by atoms with Crippen molar-refractivity contribution >= 4 is 0 Å². The van der Waals surface area contributed by atoms with Crippen LogP contribution in [-0.4, -0.2) is 17.8 Å². The molecule has 94 valence electrons. The number of aryl methyl sites for hydroxylation is 1. The first kappa shape index (κ1) is 11.6. The van der Waals surface area contributed by atoms with E-state index in [1.165, 1.54) is 5.56 Å². The lowest BCUT2D eigenvalue weighted by Crippen LogP contribution is -2.44. The predicted molar refractivity (Wildman–Crippen MR) is 67.2 cm³/mol. The molecule has 0 bridgehead atoms. The summed E-state index contributed by atoms with van der Waals surface area (Å²) < 4.78 is 5.23. The largest absolute Gasteiger partial charge is 0.497 e. The van der Waals surface area contributed by atoms with Gasteiger partial charge in [0.1, 0.15) is 5.75 Å². The Hall–Kier alpha value is -1.53. The van der Waals surface area contributed by atoms with Crippen molar-refractivity contribution in [2.45, 2.75) is 37.7 Å². The minimum Gasteiger partial charge on any atom is -0.497 e. The number of aliphatic hydroxyl groups is 1. The van der Waals surface area contributed by atoms with Gasteiger partial charge in [-0.1, -0.05) is 6.07 Å². The molecule has 1 unspecified atom stereocenters. The molecule has 1 aromatic carbocycles. The van der Waals surface area contributed by atoms with Crippen molar-refractivity contribution in [2.24, 2.45) is 5.41 Å². The summed E-state index contributed by atoms with van der Waals surface area (Å²) in [4.78, 5) is 0. The normalized spacial score (nSPS) is 28.1. The Bertz CT molecular complexity index is 528. The quantitative estimate of drug-likeness (QED) is 0.866. The van der Waals surface area contributed by atoms with Gasteiger partial charge in [-0.3, -0.25) is 0 Å². The lowest BCUT2D eigenvalue weighted by molar-refractivity contribution is -0.0220. The molecule has 0 aromatic heterocycles. The zero-order valence-electron chi connectivity index (χ0n) is 10.6. The summed E-state index contributed by atoms with van der Waals surface area (Å²) in [6.45, 7) is 0. The van der Waals surface area contributed by atoms with E-state index in [1.807, 2.05) is 12.1 Å². The highest BCUT2D eigenvalue weighted by Gasteiger charge is 2.59. The van der Waals surface area contributed by atoms with Gasteiger partial charge in [0.05, 0.1) is 24.2 Å². The minimum atomic E-state index is -0.846. The van der Waals surface area contributed by atoms with Crippen LogP contribution in [-0.2, 0) is 12.8 Å². The van der Waals surface area contributed by atoms with E-state index in [1.54, 1.807) is 7.11 Å². The molecule has 0 aliphatic heterocycles. The average Bonchev–Trinajstić information content (AvgIpc) is 3.19. The monoisotopic (exact) mass is 243 g/mol. The van der Waals surface area contributed by atoms with Crippen molar-refractivity contribution in [2.75, 3.05) is 7.11 Å². The molecule has 1 N–H and O–H groups in total. The van der Waals surface area contributed by atoms with Crippen LogP contribution in [0.1, 0.15) is 30.4 Å². The molecule has 0 amide bonds. The second kappa shape index (κ2) is 3.73. The van der Waals surface area contributed by atoms with E-state index >= 15 is 0 Å². The van der Waals surface area contributed by atoms with E-state index < -0.39 is 11.0 Å². The number of hydrogen-bond acceptors (Lipinski definition) is 3. The first-order valence-corrected chi connectivity index (χ1v) is 6.42. The van der Waals surface area contributed by atoms with Crippen LogP contribution in [0.5, 0.6) is 5.75 Å². The minimum absolute atomic E-state index is 0.492. The number of benzene rings is 1. The lowest BCUT2D eigenvalue weighted by Gasteiger charge is -2.37. The highest BCUT2D eigenvalue weighted by Crippen LogP contribution is 2.57. The molecule has 0 heterocycles. The summed E-state index contributed by atoms with van der Waals surface area (Å²) in [5, 5.41) is 20.1. The van der Waals surface area contributed by atoms with Gasteiger partial charge in [0.25, 0.3) is 0 Å². The number of nitrogens with zero attached hydrogens (tertiary/aromatic N) is 1. The molecule has 0 saturated heterocycles. The highest BCUT2D eigenvalue weighted by molar-refractivity contribution is 5.40. The van der Waals surface area contributed by atoms with Gasteiger partial charge in [-0.25, -0.2) is 0 Å². The van der Waals surface area contributed by atoms with Crippen molar-refractivity contribution in [3.05, 3.63) is 29.3 Å². The smallest absolute Gasteiger partial charge is 0.119 e. The van der Waals surface area contributed by atoms with Crippen molar-refractivity contribution in [1.82, 2.24) is 0 Å². The molecule has 1 aromatic rings. The fourth-order valence-electron chi connectivity index (χ4n) is 3.10. The molecular formula is C15H17NO2. The zero-order valence-corrected chi connectivity index (χ0v) is 10.6. The molecule has 1 saturated carbocycles. The maximum absolute atomic E-state index is 10.8. The first-order valence-electron chi connectivity index (χ1n) is 6.42. The van der Waals surface area contributed by atoms with Crippen molar-refractivity contribution < 1.29 is 9.84 Å². The van der Waals surface area contributed by atoms with Crippen LogP contribution >= 0.6 is 0 Å². The predicted octanol–water partition coefficient (Wildman–Crippen LogP) is 2.22. The maximum atomic E-state index is 10.8. The third kappa shape index (κ3) is 1.53. The number of nitriles is 1. The first-order chi connectivity index (χ1) is 8.62. The van der Waals surface area contributed by atoms with Crippen LogP contribution in [0, 0.1) is 16.7 Å². The molecule has 0 spiro atoms. The number of methoxy groups -OCH3 is 1. The molecule has 3 nitrogen and oxygen atoms in total. The van der Waals surface area contributed by atoms with Crippen LogP contribution in [0.3, 0.4) is 0 Å². The van der Waals surface area contributed by atoms with Gasteiger partial charge in [-0.15, -0.1) is 0 Å². The molecule has 0 radical (unpaired) electrons. The van der Waals surface area contributed by atoms with E-state index in [-0.39, 0.29) is 0 Å². The van der Waals surface area contributed by atoms with E-state index in [0.29, 0.717) is 12.8 Å². The van der Waals surface area contributed by atoms with Gasteiger partial charge in [0.2, 0.25) is 0 Å². The SMILES string of the molecule is COc1ccc2c(c1)CC(O)(C1(C#N)CC1)CC2. The van der Waals surface area contributed by atoms with E-state index in [9.17, 15) is 10.4 Å². The molecule has 2 aliphatic carbocycles. The van der Waals surface area contributed by atoms with Gasteiger partial charge in [0.15, 0.2) is 0 Å². The molecule has 18 heavy (non-hydrogen) atoms. The van der Waals surface area contributed by atoms with Crippen molar-refractivity contribution in [3.63, 3.8) is 0 Å².